The zero-order valence-electron chi connectivity index (χ0n) is 10.6. The van der Waals surface area contributed by atoms with Gasteiger partial charge in [-0.25, -0.2) is 0 Å². The molecular weight excluding hydrogens is 248 g/mol. The van der Waals surface area contributed by atoms with Crippen molar-refractivity contribution in [3.05, 3.63) is 34.9 Å². The van der Waals surface area contributed by atoms with Gasteiger partial charge in [0.25, 0.3) is 0 Å². The first kappa shape index (κ1) is 13.4. The highest BCUT2D eigenvalue weighted by atomic mass is 35.5. The molecule has 0 aromatic heterocycles. The van der Waals surface area contributed by atoms with Gasteiger partial charge in [-0.1, -0.05) is 23.7 Å². The zero-order chi connectivity index (χ0) is 13.0. The molecule has 1 saturated heterocycles. The standard InChI is InChI=1S/C14H19ClN2O/c1-14(6-8-16-10-14)13(18)17-7-5-11-3-2-4-12(15)9-11/h2-4,9,16H,5-8,10H2,1H3,(H,17,18). The van der Waals surface area contributed by atoms with Crippen LogP contribution in [0.25, 0.3) is 0 Å². The summed E-state index contributed by atoms with van der Waals surface area (Å²) >= 11 is 5.92. The van der Waals surface area contributed by atoms with Crippen molar-refractivity contribution in [2.24, 2.45) is 5.41 Å². The van der Waals surface area contributed by atoms with Gasteiger partial charge in [0.2, 0.25) is 5.91 Å². The van der Waals surface area contributed by atoms with Crippen molar-refractivity contribution in [2.45, 2.75) is 19.8 Å². The Balaban J connectivity index is 1.80. The van der Waals surface area contributed by atoms with E-state index in [1.807, 2.05) is 31.2 Å². The number of halogens is 1. The Morgan fingerprint density at radius 3 is 3.06 bits per heavy atom. The molecule has 18 heavy (non-hydrogen) atoms. The van der Waals surface area contributed by atoms with Crippen molar-refractivity contribution in [3.63, 3.8) is 0 Å². The maximum absolute atomic E-state index is 12.0. The quantitative estimate of drug-likeness (QED) is 0.875. The van der Waals surface area contributed by atoms with Gasteiger partial charge in [0.05, 0.1) is 5.41 Å². The number of rotatable bonds is 4. The van der Waals surface area contributed by atoms with E-state index in [4.69, 9.17) is 11.6 Å². The summed E-state index contributed by atoms with van der Waals surface area (Å²) in [6.45, 7) is 4.38. The van der Waals surface area contributed by atoms with Gasteiger partial charge < -0.3 is 10.6 Å². The van der Waals surface area contributed by atoms with Gasteiger partial charge in [0.1, 0.15) is 0 Å². The van der Waals surface area contributed by atoms with Crippen LogP contribution in [0.2, 0.25) is 5.02 Å². The SMILES string of the molecule is CC1(C(=O)NCCc2cccc(Cl)c2)CCNC1. The molecule has 1 aromatic rings. The lowest BCUT2D eigenvalue weighted by Crippen LogP contribution is -2.41. The van der Waals surface area contributed by atoms with E-state index in [2.05, 4.69) is 10.6 Å². The van der Waals surface area contributed by atoms with Crippen LogP contribution in [0.4, 0.5) is 0 Å². The Hall–Kier alpha value is -1.06. The second-order valence-electron chi connectivity index (χ2n) is 5.12. The van der Waals surface area contributed by atoms with Crippen molar-refractivity contribution < 1.29 is 4.79 Å². The monoisotopic (exact) mass is 266 g/mol. The molecule has 1 aliphatic rings. The summed E-state index contributed by atoms with van der Waals surface area (Å²) < 4.78 is 0. The number of amides is 1. The predicted octanol–water partition coefficient (Wildman–Crippen LogP) is 2.00. The first-order valence-corrected chi connectivity index (χ1v) is 6.71. The number of carbonyl (C=O) groups excluding carboxylic acids is 1. The summed E-state index contributed by atoms with van der Waals surface area (Å²) in [5.41, 5.74) is 0.909. The Morgan fingerprint density at radius 2 is 2.39 bits per heavy atom. The fourth-order valence-electron chi connectivity index (χ4n) is 2.24. The molecule has 0 spiro atoms. The molecule has 0 saturated carbocycles. The van der Waals surface area contributed by atoms with Crippen molar-refractivity contribution in [1.29, 1.82) is 0 Å². The third kappa shape index (κ3) is 3.24. The topological polar surface area (TPSA) is 41.1 Å². The molecule has 1 aliphatic heterocycles. The first-order chi connectivity index (χ1) is 8.60. The molecule has 2 N–H and O–H groups in total. The third-order valence-electron chi connectivity index (χ3n) is 3.51. The highest BCUT2D eigenvalue weighted by molar-refractivity contribution is 6.30. The minimum absolute atomic E-state index is 0.148. The van der Waals surface area contributed by atoms with Gasteiger partial charge in [-0.3, -0.25) is 4.79 Å². The lowest BCUT2D eigenvalue weighted by atomic mass is 9.89. The van der Waals surface area contributed by atoms with Gasteiger partial charge in [0.15, 0.2) is 0 Å². The number of benzene rings is 1. The molecule has 3 nitrogen and oxygen atoms in total. The fraction of sp³-hybridized carbons (Fsp3) is 0.500. The van der Waals surface area contributed by atoms with Crippen LogP contribution in [-0.2, 0) is 11.2 Å². The first-order valence-electron chi connectivity index (χ1n) is 6.34. The normalized spacial score (nSPS) is 23.0. The number of carbonyl (C=O) groups is 1. The molecule has 1 aromatic carbocycles. The van der Waals surface area contributed by atoms with Crippen molar-refractivity contribution in [3.8, 4) is 0 Å². The van der Waals surface area contributed by atoms with Gasteiger partial charge in [-0.15, -0.1) is 0 Å². The van der Waals surface area contributed by atoms with E-state index in [1.165, 1.54) is 0 Å². The molecule has 98 valence electrons. The molecule has 0 radical (unpaired) electrons. The molecule has 1 amide bonds. The lowest BCUT2D eigenvalue weighted by molar-refractivity contribution is -0.129. The molecule has 1 heterocycles. The summed E-state index contributed by atoms with van der Waals surface area (Å²) in [6, 6.07) is 7.75. The van der Waals surface area contributed by atoms with E-state index in [-0.39, 0.29) is 11.3 Å². The van der Waals surface area contributed by atoms with Crippen LogP contribution in [0.1, 0.15) is 18.9 Å². The smallest absolute Gasteiger partial charge is 0.227 e. The van der Waals surface area contributed by atoms with Crippen molar-refractivity contribution in [1.82, 2.24) is 10.6 Å². The van der Waals surface area contributed by atoms with Gasteiger partial charge in [-0.05, 0) is 44.0 Å². The molecule has 0 aliphatic carbocycles. The maximum Gasteiger partial charge on any atom is 0.227 e. The Bertz CT molecular complexity index is 428. The summed E-state index contributed by atoms with van der Waals surface area (Å²) in [5, 5.41) is 6.98. The van der Waals surface area contributed by atoms with Gasteiger partial charge >= 0.3 is 0 Å². The minimum Gasteiger partial charge on any atom is -0.355 e. The van der Waals surface area contributed by atoms with Crippen LogP contribution >= 0.6 is 11.6 Å². The molecule has 1 unspecified atom stereocenters. The summed E-state index contributed by atoms with van der Waals surface area (Å²) in [4.78, 5) is 12.0. The number of hydrogen-bond acceptors (Lipinski definition) is 2. The Morgan fingerprint density at radius 1 is 1.56 bits per heavy atom. The van der Waals surface area contributed by atoms with E-state index < -0.39 is 0 Å². The molecule has 1 atom stereocenters. The second-order valence-corrected chi connectivity index (χ2v) is 5.56. The molecular formula is C14H19ClN2O. The van der Waals surface area contributed by atoms with E-state index >= 15 is 0 Å². The van der Waals surface area contributed by atoms with Gasteiger partial charge in [0, 0.05) is 18.1 Å². The van der Waals surface area contributed by atoms with Crippen LogP contribution in [0, 0.1) is 5.41 Å². The van der Waals surface area contributed by atoms with Gasteiger partial charge in [-0.2, -0.15) is 0 Å². The molecule has 4 heteroatoms. The summed E-state index contributed by atoms with van der Waals surface area (Å²) in [6.07, 6.45) is 1.73. The van der Waals surface area contributed by atoms with Crippen LogP contribution in [0.15, 0.2) is 24.3 Å². The second kappa shape index (κ2) is 5.72. The van der Waals surface area contributed by atoms with E-state index in [0.717, 1.165) is 36.5 Å². The maximum atomic E-state index is 12.0. The average Bonchev–Trinajstić information content (AvgIpc) is 2.77. The van der Waals surface area contributed by atoms with Crippen molar-refractivity contribution >= 4 is 17.5 Å². The van der Waals surface area contributed by atoms with Crippen LogP contribution in [0.5, 0.6) is 0 Å². The minimum atomic E-state index is -0.242. The highest BCUT2D eigenvalue weighted by Crippen LogP contribution is 2.24. The van der Waals surface area contributed by atoms with Crippen LogP contribution < -0.4 is 10.6 Å². The molecule has 2 rings (SSSR count). The third-order valence-corrected chi connectivity index (χ3v) is 3.74. The zero-order valence-corrected chi connectivity index (χ0v) is 11.4. The lowest BCUT2D eigenvalue weighted by Gasteiger charge is -2.21. The van der Waals surface area contributed by atoms with Crippen LogP contribution in [-0.4, -0.2) is 25.5 Å². The molecule has 1 fully saturated rings. The predicted molar refractivity (Wildman–Crippen MR) is 73.8 cm³/mol. The van der Waals surface area contributed by atoms with E-state index in [1.54, 1.807) is 0 Å². The summed E-state index contributed by atoms with van der Waals surface area (Å²) in [5.74, 6) is 0.148. The summed E-state index contributed by atoms with van der Waals surface area (Å²) in [7, 11) is 0. The van der Waals surface area contributed by atoms with E-state index in [0.29, 0.717) is 6.54 Å². The van der Waals surface area contributed by atoms with Crippen molar-refractivity contribution in [2.75, 3.05) is 19.6 Å². The highest BCUT2D eigenvalue weighted by Gasteiger charge is 2.35. The number of nitrogens with one attached hydrogen (secondary N) is 2. The average molecular weight is 267 g/mol. The fourth-order valence-corrected chi connectivity index (χ4v) is 2.45. The van der Waals surface area contributed by atoms with E-state index in [9.17, 15) is 4.79 Å². The molecule has 0 bridgehead atoms. The Labute approximate surface area is 113 Å². The largest absolute Gasteiger partial charge is 0.355 e. The number of hydrogen-bond donors (Lipinski definition) is 2. The van der Waals surface area contributed by atoms with Crippen LogP contribution in [0.3, 0.4) is 0 Å². The Kier molecular flexibility index (Phi) is 4.25.